The molecule has 0 aromatic heterocycles. The molecule has 0 aliphatic carbocycles. The molecule has 1 aromatic rings. The Bertz CT molecular complexity index is 564. The van der Waals surface area contributed by atoms with Crippen molar-refractivity contribution < 1.29 is 19.4 Å². The lowest BCUT2D eigenvalue weighted by atomic mass is 10.1. The summed E-state index contributed by atoms with van der Waals surface area (Å²) in [5, 5.41) is 12.6. The predicted octanol–water partition coefficient (Wildman–Crippen LogP) is 3.61. The van der Waals surface area contributed by atoms with E-state index in [4.69, 9.17) is 4.74 Å². The second-order valence-electron chi connectivity index (χ2n) is 6.44. The van der Waals surface area contributed by atoms with Crippen molar-refractivity contribution in [2.45, 2.75) is 46.1 Å². The standard InChI is InChI=1S/C17H26N2O4/c1-6-7-10-19(5)15(21)13-9-8-12(11-14(13)20)18-16(22)23-17(2,3)4/h8-9,11,20H,6-7,10H2,1-5H3,(H,18,22). The zero-order valence-corrected chi connectivity index (χ0v) is 14.5. The number of anilines is 1. The second kappa shape index (κ2) is 7.85. The number of benzene rings is 1. The smallest absolute Gasteiger partial charge is 0.412 e. The molecule has 0 aliphatic heterocycles. The molecule has 0 bridgehead atoms. The van der Waals surface area contributed by atoms with E-state index in [-0.39, 0.29) is 17.2 Å². The highest BCUT2D eigenvalue weighted by atomic mass is 16.6. The minimum atomic E-state index is -0.615. The molecular weight excluding hydrogens is 296 g/mol. The second-order valence-corrected chi connectivity index (χ2v) is 6.44. The van der Waals surface area contributed by atoms with Gasteiger partial charge in [0.2, 0.25) is 0 Å². The fraction of sp³-hybridized carbons (Fsp3) is 0.529. The monoisotopic (exact) mass is 322 g/mol. The fourth-order valence-corrected chi connectivity index (χ4v) is 1.91. The van der Waals surface area contributed by atoms with Crippen molar-refractivity contribution in [2.75, 3.05) is 18.9 Å². The number of amides is 2. The molecule has 6 heteroatoms. The first-order chi connectivity index (χ1) is 10.6. The highest BCUT2D eigenvalue weighted by molar-refractivity contribution is 5.97. The van der Waals surface area contributed by atoms with Gasteiger partial charge in [0, 0.05) is 25.3 Å². The van der Waals surface area contributed by atoms with Gasteiger partial charge in [0.1, 0.15) is 11.4 Å². The summed E-state index contributed by atoms with van der Waals surface area (Å²) < 4.78 is 5.13. The van der Waals surface area contributed by atoms with Crippen molar-refractivity contribution in [1.82, 2.24) is 4.90 Å². The summed E-state index contributed by atoms with van der Waals surface area (Å²) in [6.45, 7) is 7.97. The fourth-order valence-electron chi connectivity index (χ4n) is 1.91. The number of hydrogen-bond donors (Lipinski definition) is 2. The van der Waals surface area contributed by atoms with Gasteiger partial charge in [-0.1, -0.05) is 13.3 Å². The number of hydrogen-bond acceptors (Lipinski definition) is 4. The number of carbonyl (C=O) groups is 2. The van der Waals surface area contributed by atoms with Gasteiger partial charge < -0.3 is 14.7 Å². The van der Waals surface area contributed by atoms with Gasteiger partial charge in [-0.15, -0.1) is 0 Å². The molecule has 23 heavy (non-hydrogen) atoms. The maximum Gasteiger partial charge on any atom is 0.412 e. The van der Waals surface area contributed by atoms with Crippen LogP contribution in [0.5, 0.6) is 5.75 Å². The van der Waals surface area contributed by atoms with E-state index in [1.807, 2.05) is 6.92 Å². The van der Waals surface area contributed by atoms with Crippen LogP contribution in [0.1, 0.15) is 50.9 Å². The van der Waals surface area contributed by atoms with Crippen LogP contribution < -0.4 is 5.32 Å². The predicted molar refractivity (Wildman–Crippen MR) is 89.8 cm³/mol. The van der Waals surface area contributed by atoms with Crippen LogP contribution >= 0.6 is 0 Å². The van der Waals surface area contributed by atoms with E-state index in [1.165, 1.54) is 12.1 Å². The molecule has 0 saturated heterocycles. The maximum absolute atomic E-state index is 12.2. The van der Waals surface area contributed by atoms with E-state index < -0.39 is 11.7 Å². The van der Waals surface area contributed by atoms with Crippen molar-refractivity contribution in [1.29, 1.82) is 0 Å². The minimum Gasteiger partial charge on any atom is -0.507 e. The summed E-state index contributed by atoms with van der Waals surface area (Å²) in [5.41, 5.74) is -0.0350. The largest absolute Gasteiger partial charge is 0.507 e. The first kappa shape index (κ1) is 18.8. The van der Waals surface area contributed by atoms with Crippen molar-refractivity contribution >= 4 is 17.7 Å². The molecule has 0 heterocycles. The lowest BCUT2D eigenvalue weighted by Gasteiger charge is -2.20. The molecule has 1 rings (SSSR count). The number of unbranched alkanes of at least 4 members (excludes halogenated alkanes) is 1. The Kier molecular flexibility index (Phi) is 6.42. The first-order valence-corrected chi connectivity index (χ1v) is 7.72. The molecule has 1 aromatic carbocycles. The summed E-state index contributed by atoms with van der Waals surface area (Å²) >= 11 is 0. The van der Waals surface area contributed by atoms with Gasteiger partial charge in [-0.05, 0) is 39.3 Å². The molecule has 128 valence electrons. The molecule has 0 atom stereocenters. The lowest BCUT2D eigenvalue weighted by Crippen LogP contribution is -2.28. The minimum absolute atomic E-state index is 0.174. The molecule has 0 aliphatic rings. The van der Waals surface area contributed by atoms with Gasteiger partial charge in [-0.25, -0.2) is 4.79 Å². The number of rotatable bonds is 5. The number of nitrogens with one attached hydrogen (secondary N) is 1. The third kappa shape index (κ3) is 6.18. The lowest BCUT2D eigenvalue weighted by molar-refractivity contribution is 0.0635. The topological polar surface area (TPSA) is 78.9 Å². The Labute approximate surface area is 137 Å². The number of nitrogens with zero attached hydrogens (tertiary/aromatic N) is 1. The van der Waals surface area contributed by atoms with Crippen molar-refractivity contribution in [2.24, 2.45) is 0 Å². The van der Waals surface area contributed by atoms with Crippen LogP contribution in [0.15, 0.2) is 18.2 Å². The summed E-state index contributed by atoms with van der Waals surface area (Å²) in [7, 11) is 1.70. The normalized spacial score (nSPS) is 11.0. The Balaban J connectivity index is 2.78. The Hall–Kier alpha value is -2.24. The summed E-state index contributed by atoms with van der Waals surface area (Å²) in [6.07, 6.45) is 1.28. The van der Waals surface area contributed by atoms with Gasteiger partial charge in [0.05, 0.1) is 5.56 Å². The van der Waals surface area contributed by atoms with Gasteiger partial charge in [0.15, 0.2) is 0 Å². The molecule has 0 radical (unpaired) electrons. The van der Waals surface area contributed by atoms with Gasteiger partial charge in [-0.2, -0.15) is 0 Å². The van der Waals surface area contributed by atoms with E-state index in [1.54, 1.807) is 38.8 Å². The van der Waals surface area contributed by atoms with Crippen LogP contribution in [0.3, 0.4) is 0 Å². The third-order valence-corrected chi connectivity index (χ3v) is 3.07. The highest BCUT2D eigenvalue weighted by Gasteiger charge is 2.18. The van der Waals surface area contributed by atoms with Crippen LogP contribution in [0, 0.1) is 0 Å². The first-order valence-electron chi connectivity index (χ1n) is 7.72. The molecule has 0 unspecified atom stereocenters. The zero-order valence-electron chi connectivity index (χ0n) is 14.5. The number of aromatic hydroxyl groups is 1. The molecular formula is C17H26N2O4. The van der Waals surface area contributed by atoms with Crippen LogP contribution in [0.25, 0.3) is 0 Å². The van der Waals surface area contributed by atoms with Crippen molar-refractivity contribution in [3.05, 3.63) is 23.8 Å². The molecule has 0 fully saturated rings. The SMILES string of the molecule is CCCCN(C)C(=O)c1ccc(NC(=O)OC(C)(C)C)cc1O. The molecule has 0 spiro atoms. The summed E-state index contributed by atoms with van der Waals surface area (Å²) in [5.74, 6) is -0.424. The summed E-state index contributed by atoms with van der Waals surface area (Å²) in [4.78, 5) is 25.5. The average Bonchev–Trinajstić information content (AvgIpc) is 2.42. The Morgan fingerprint density at radius 3 is 2.48 bits per heavy atom. The third-order valence-electron chi connectivity index (χ3n) is 3.07. The average molecular weight is 322 g/mol. The molecule has 0 saturated carbocycles. The molecule has 2 N–H and O–H groups in total. The highest BCUT2D eigenvalue weighted by Crippen LogP contribution is 2.24. The summed E-state index contributed by atoms with van der Waals surface area (Å²) in [6, 6.07) is 4.39. The Morgan fingerprint density at radius 1 is 1.30 bits per heavy atom. The van der Waals surface area contributed by atoms with E-state index in [0.29, 0.717) is 12.2 Å². The molecule has 6 nitrogen and oxygen atoms in total. The number of phenolic OH excluding ortho intramolecular Hbond substituents is 1. The van der Waals surface area contributed by atoms with Crippen LogP contribution in [-0.2, 0) is 4.74 Å². The maximum atomic E-state index is 12.2. The van der Waals surface area contributed by atoms with Crippen LogP contribution in [0.2, 0.25) is 0 Å². The van der Waals surface area contributed by atoms with Gasteiger partial charge >= 0.3 is 6.09 Å². The zero-order chi connectivity index (χ0) is 17.6. The van der Waals surface area contributed by atoms with E-state index in [2.05, 4.69) is 5.32 Å². The molecule has 2 amide bonds. The Morgan fingerprint density at radius 2 is 1.96 bits per heavy atom. The van der Waals surface area contributed by atoms with Crippen molar-refractivity contribution in [3.63, 3.8) is 0 Å². The number of carbonyl (C=O) groups excluding carboxylic acids is 2. The quantitative estimate of drug-likeness (QED) is 0.868. The number of ether oxygens (including phenoxy) is 1. The van der Waals surface area contributed by atoms with E-state index in [0.717, 1.165) is 12.8 Å². The van der Waals surface area contributed by atoms with Crippen molar-refractivity contribution in [3.8, 4) is 5.75 Å². The van der Waals surface area contributed by atoms with Gasteiger partial charge in [0.25, 0.3) is 5.91 Å². The van der Waals surface area contributed by atoms with E-state index in [9.17, 15) is 14.7 Å². The van der Waals surface area contributed by atoms with Gasteiger partial charge in [-0.3, -0.25) is 10.1 Å². The van der Waals surface area contributed by atoms with Crippen LogP contribution in [0.4, 0.5) is 10.5 Å². The van der Waals surface area contributed by atoms with E-state index >= 15 is 0 Å². The van der Waals surface area contributed by atoms with Crippen LogP contribution in [-0.4, -0.2) is 41.2 Å². The number of phenols is 1.